The summed E-state index contributed by atoms with van der Waals surface area (Å²) in [5.41, 5.74) is 1.62. The number of aromatic nitrogens is 3. The molecular formula is C25H21FN4O4S. The highest BCUT2D eigenvalue weighted by Gasteiger charge is 2.20. The third kappa shape index (κ3) is 4.92. The number of para-hydroxylation sites is 1. The second-order valence-corrected chi connectivity index (χ2v) is 8.40. The Balaban J connectivity index is 1.38. The molecule has 35 heavy (non-hydrogen) atoms. The molecular weight excluding hydrogens is 471 g/mol. The summed E-state index contributed by atoms with van der Waals surface area (Å²) < 4.78 is 32.5. The summed E-state index contributed by atoms with van der Waals surface area (Å²) in [5.74, 6) is 1.77. The van der Waals surface area contributed by atoms with E-state index in [1.165, 1.54) is 6.07 Å². The Labute approximate surface area is 205 Å². The van der Waals surface area contributed by atoms with Gasteiger partial charge in [-0.1, -0.05) is 23.9 Å². The number of ether oxygens (including phenoxy) is 3. The first-order chi connectivity index (χ1) is 17.1. The predicted molar refractivity (Wildman–Crippen MR) is 130 cm³/mol. The first-order valence-electron chi connectivity index (χ1n) is 10.9. The first kappa shape index (κ1) is 22.7. The van der Waals surface area contributed by atoms with Crippen molar-refractivity contribution in [2.45, 2.75) is 12.1 Å². The monoisotopic (exact) mass is 492 g/mol. The molecule has 0 saturated carbocycles. The maximum atomic E-state index is 14.8. The van der Waals surface area contributed by atoms with Gasteiger partial charge in [0.25, 0.3) is 0 Å². The molecule has 0 spiro atoms. The van der Waals surface area contributed by atoms with Gasteiger partial charge in [-0.05, 0) is 55.5 Å². The average Bonchev–Trinajstić information content (AvgIpc) is 3.50. The van der Waals surface area contributed by atoms with Gasteiger partial charge in [-0.3, -0.25) is 9.36 Å². The highest BCUT2D eigenvalue weighted by molar-refractivity contribution is 7.99. The maximum Gasteiger partial charge on any atom is 0.234 e. The summed E-state index contributed by atoms with van der Waals surface area (Å²) in [5, 5.41) is 11.8. The quantitative estimate of drug-likeness (QED) is 0.349. The fraction of sp³-hybridized carbons (Fsp3) is 0.160. The van der Waals surface area contributed by atoms with Crippen LogP contribution in [-0.4, -0.2) is 39.8 Å². The second-order valence-electron chi connectivity index (χ2n) is 7.46. The number of nitrogens with zero attached hydrogens (tertiary/aromatic N) is 3. The number of nitrogens with one attached hydrogen (secondary N) is 1. The molecule has 4 aromatic rings. The van der Waals surface area contributed by atoms with Crippen LogP contribution in [0.3, 0.4) is 0 Å². The fourth-order valence-corrected chi connectivity index (χ4v) is 4.31. The lowest BCUT2D eigenvalue weighted by molar-refractivity contribution is -0.113. The van der Waals surface area contributed by atoms with Crippen molar-refractivity contribution in [1.29, 1.82) is 0 Å². The normalized spacial score (nSPS) is 11.9. The van der Waals surface area contributed by atoms with Gasteiger partial charge in [0.2, 0.25) is 12.7 Å². The van der Waals surface area contributed by atoms with Gasteiger partial charge in [-0.25, -0.2) is 4.39 Å². The van der Waals surface area contributed by atoms with Crippen molar-refractivity contribution in [2.24, 2.45) is 0 Å². The van der Waals surface area contributed by atoms with Crippen molar-refractivity contribution >= 4 is 23.4 Å². The van der Waals surface area contributed by atoms with E-state index in [4.69, 9.17) is 14.2 Å². The number of hydrogen-bond acceptors (Lipinski definition) is 7. The largest absolute Gasteiger partial charge is 0.494 e. The molecule has 0 atom stereocenters. The number of fused-ring (bicyclic) bond motifs is 1. The van der Waals surface area contributed by atoms with Crippen LogP contribution in [-0.2, 0) is 4.79 Å². The molecule has 8 nitrogen and oxygen atoms in total. The van der Waals surface area contributed by atoms with Crippen LogP contribution < -0.4 is 19.5 Å². The number of thioether (sulfide) groups is 1. The fourth-order valence-electron chi connectivity index (χ4n) is 3.57. The Bertz CT molecular complexity index is 1360. The van der Waals surface area contributed by atoms with Gasteiger partial charge in [0, 0.05) is 17.3 Å². The van der Waals surface area contributed by atoms with Crippen molar-refractivity contribution in [3.05, 3.63) is 72.5 Å². The molecule has 1 aromatic heterocycles. The average molecular weight is 493 g/mol. The zero-order valence-electron chi connectivity index (χ0n) is 18.7. The van der Waals surface area contributed by atoms with Gasteiger partial charge >= 0.3 is 0 Å². The van der Waals surface area contributed by atoms with E-state index in [9.17, 15) is 9.18 Å². The minimum Gasteiger partial charge on any atom is -0.494 e. The summed E-state index contributed by atoms with van der Waals surface area (Å²) in [6.07, 6.45) is 0. The molecule has 3 aromatic carbocycles. The van der Waals surface area contributed by atoms with E-state index in [2.05, 4.69) is 15.5 Å². The molecule has 0 saturated heterocycles. The SMILES string of the molecule is CCOc1ccc(-c2nnc(SCC(=O)Nc3ccc4c(c3)OCO4)n2-c2ccccc2F)cc1. The zero-order chi connectivity index (χ0) is 24.2. The van der Waals surface area contributed by atoms with Crippen LogP contribution in [0.5, 0.6) is 17.2 Å². The topological polar surface area (TPSA) is 87.5 Å². The van der Waals surface area contributed by atoms with Gasteiger partial charge in [0.1, 0.15) is 11.6 Å². The second kappa shape index (κ2) is 10.1. The highest BCUT2D eigenvalue weighted by atomic mass is 32.2. The van der Waals surface area contributed by atoms with E-state index in [1.54, 1.807) is 41.0 Å². The molecule has 2 heterocycles. The van der Waals surface area contributed by atoms with Gasteiger partial charge in [-0.15, -0.1) is 10.2 Å². The molecule has 0 radical (unpaired) electrons. The van der Waals surface area contributed by atoms with E-state index in [-0.39, 0.29) is 18.5 Å². The number of hydrogen-bond donors (Lipinski definition) is 1. The zero-order valence-corrected chi connectivity index (χ0v) is 19.5. The molecule has 1 aliphatic rings. The van der Waals surface area contributed by atoms with Crippen molar-refractivity contribution in [2.75, 3.05) is 24.5 Å². The Hall–Kier alpha value is -4.05. The minimum absolute atomic E-state index is 0.0459. The molecule has 5 rings (SSSR count). The lowest BCUT2D eigenvalue weighted by Crippen LogP contribution is -2.14. The van der Waals surface area contributed by atoms with E-state index in [0.29, 0.717) is 40.5 Å². The Morgan fingerprint density at radius 1 is 1.09 bits per heavy atom. The van der Waals surface area contributed by atoms with Crippen LogP contribution in [0.2, 0.25) is 0 Å². The number of amides is 1. The summed E-state index contributed by atoms with van der Waals surface area (Å²) in [7, 11) is 0. The van der Waals surface area contributed by atoms with E-state index < -0.39 is 5.82 Å². The summed E-state index contributed by atoms with van der Waals surface area (Å²) in [6.45, 7) is 2.62. The van der Waals surface area contributed by atoms with Crippen molar-refractivity contribution in [1.82, 2.24) is 14.8 Å². The molecule has 0 unspecified atom stereocenters. The number of rotatable bonds is 8. The number of carbonyl (C=O) groups is 1. The molecule has 10 heteroatoms. The highest BCUT2D eigenvalue weighted by Crippen LogP contribution is 2.34. The summed E-state index contributed by atoms with van der Waals surface area (Å²) in [4.78, 5) is 12.6. The third-order valence-electron chi connectivity index (χ3n) is 5.14. The van der Waals surface area contributed by atoms with Crippen LogP contribution in [0.1, 0.15) is 6.92 Å². The molecule has 0 aliphatic carbocycles. The Morgan fingerprint density at radius 3 is 2.69 bits per heavy atom. The Kier molecular flexibility index (Phi) is 6.53. The molecule has 1 amide bonds. The third-order valence-corrected chi connectivity index (χ3v) is 6.07. The number of anilines is 1. The Morgan fingerprint density at radius 2 is 1.89 bits per heavy atom. The van der Waals surface area contributed by atoms with Crippen LogP contribution in [0.4, 0.5) is 10.1 Å². The van der Waals surface area contributed by atoms with E-state index >= 15 is 0 Å². The molecule has 0 fully saturated rings. The number of carbonyl (C=O) groups excluding carboxylic acids is 1. The molecule has 0 bridgehead atoms. The first-order valence-corrected chi connectivity index (χ1v) is 11.9. The summed E-state index contributed by atoms with van der Waals surface area (Å²) in [6, 6.07) is 18.9. The van der Waals surface area contributed by atoms with Crippen molar-refractivity contribution < 1.29 is 23.4 Å². The predicted octanol–water partition coefficient (Wildman–Crippen LogP) is 4.93. The van der Waals surface area contributed by atoms with E-state index in [1.807, 2.05) is 31.2 Å². The van der Waals surface area contributed by atoms with Gasteiger partial charge < -0.3 is 19.5 Å². The number of halogens is 1. The standard InChI is InChI=1S/C25H21FN4O4S/c1-2-32-18-10-7-16(8-11-18)24-28-29-25(30(24)20-6-4-3-5-19(20)26)35-14-23(31)27-17-9-12-21-22(13-17)34-15-33-21/h3-13H,2,14-15H2,1H3,(H,27,31). The van der Waals surface area contributed by atoms with Gasteiger partial charge in [0.05, 0.1) is 18.0 Å². The maximum absolute atomic E-state index is 14.8. The minimum atomic E-state index is -0.425. The van der Waals surface area contributed by atoms with Crippen molar-refractivity contribution in [3.8, 4) is 34.3 Å². The lowest BCUT2D eigenvalue weighted by Gasteiger charge is -2.12. The lowest BCUT2D eigenvalue weighted by atomic mass is 10.2. The van der Waals surface area contributed by atoms with Crippen LogP contribution in [0, 0.1) is 5.82 Å². The summed E-state index contributed by atoms with van der Waals surface area (Å²) >= 11 is 1.16. The van der Waals surface area contributed by atoms with Crippen LogP contribution in [0.25, 0.3) is 17.1 Å². The smallest absolute Gasteiger partial charge is 0.234 e. The van der Waals surface area contributed by atoms with Crippen LogP contribution >= 0.6 is 11.8 Å². The number of benzene rings is 3. The van der Waals surface area contributed by atoms with Gasteiger partial charge in [-0.2, -0.15) is 0 Å². The van der Waals surface area contributed by atoms with Gasteiger partial charge in [0.15, 0.2) is 22.5 Å². The molecule has 1 aliphatic heterocycles. The van der Waals surface area contributed by atoms with Crippen LogP contribution in [0.15, 0.2) is 71.9 Å². The van der Waals surface area contributed by atoms with Crippen molar-refractivity contribution in [3.63, 3.8) is 0 Å². The molecule has 1 N–H and O–H groups in total. The van der Waals surface area contributed by atoms with E-state index in [0.717, 1.165) is 23.1 Å². The molecule has 178 valence electrons.